The SMILES string of the molecule is CCN(O)CC(=O)NCC(C)(C)CCSCCCSCCC(C)(C)CNC(S)CN(S)CC. The Morgan fingerprint density at radius 2 is 1.52 bits per heavy atom. The standard InChI is InChI=1S/C23H50N4O2S4/c1-7-26(29)16-20(28)24-18-22(3,4)10-14-32-12-9-13-33-15-11-23(5,6)19-25-21(30)17-27(31)8-2/h21,25,29-31H,7-19H2,1-6H3,(H,24,28). The highest BCUT2D eigenvalue weighted by Crippen LogP contribution is 2.24. The molecule has 0 heterocycles. The van der Waals surface area contributed by atoms with Gasteiger partial charge < -0.3 is 15.8 Å². The Balaban J connectivity index is 3.75. The fraction of sp³-hybridized carbons (Fsp3) is 0.957. The lowest BCUT2D eigenvalue weighted by Crippen LogP contribution is -2.40. The smallest absolute Gasteiger partial charge is 0.236 e. The van der Waals surface area contributed by atoms with Gasteiger partial charge in [0, 0.05) is 32.7 Å². The van der Waals surface area contributed by atoms with Crippen LogP contribution in [0, 0.1) is 10.8 Å². The van der Waals surface area contributed by atoms with Crippen LogP contribution in [0.5, 0.6) is 0 Å². The summed E-state index contributed by atoms with van der Waals surface area (Å²) in [5.41, 5.74) is 0.334. The number of rotatable bonds is 21. The van der Waals surface area contributed by atoms with E-state index in [2.05, 4.69) is 82.5 Å². The Bertz CT molecular complexity index is 513. The van der Waals surface area contributed by atoms with Gasteiger partial charge in [-0.3, -0.25) is 9.10 Å². The molecule has 0 bridgehead atoms. The Hall–Kier alpha value is 0.710. The lowest BCUT2D eigenvalue weighted by Gasteiger charge is -2.28. The third-order valence-corrected chi connectivity index (χ3v) is 8.38. The van der Waals surface area contributed by atoms with Gasteiger partial charge in [-0.1, -0.05) is 54.4 Å². The molecule has 33 heavy (non-hydrogen) atoms. The van der Waals surface area contributed by atoms with E-state index in [1.165, 1.54) is 30.1 Å². The number of amides is 1. The van der Waals surface area contributed by atoms with Crippen LogP contribution in [-0.2, 0) is 4.79 Å². The molecule has 6 nitrogen and oxygen atoms in total. The minimum atomic E-state index is -0.123. The summed E-state index contributed by atoms with van der Waals surface area (Å²) < 4.78 is 1.98. The highest BCUT2D eigenvalue weighted by molar-refractivity contribution is 8.00. The van der Waals surface area contributed by atoms with Crippen molar-refractivity contribution in [3.8, 4) is 0 Å². The molecule has 0 aromatic heterocycles. The van der Waals surface area contributed by atoms with Crippen LogP contribution in [0.25, 0.3) is 0 Å². The van der Waals surface area contributed by atoms with Crippen LogP contribution in [0.15, 0.2) is 0 Å². The lowest BCUT2D eigenvalue weighted by atomic mass is 9.90. The molecule has 0 aliphatic carbocycles. The van der Waals surface area contributed by atoms with Gasteiger partial charge in [0.1, 0.15) is 6.54 Å². The second kappa shape index (κ2) is 18.9. The van der Waals surface area contributed by atoms with Gasteiger partial charge in [0.15, 0.2) is 0 Å². The number of hydrogen-bond donors (Lipinski definition) is 5. The van der Waals surface area contributed by atoms with E-state index in [4.69, 9.17) is 0 Å². The fourth-order valence-corrected chi connectivity index (χ4v) is 6.06. The Labute approximate surface area is 223 Å². The third kappa shape index (κ3) is 20.6. The number of nitrogens with one attached hydrogen (secondary N) is 2. The van der Waals surface area contributed by atoms with Gasteiger partial charge in [-0.05, 0) is 53.1 Å². The molecule has 3 N–H and O–H groups in total. The van der Waals surface area contributed by atoms with Crippen LogP contribution in [0.1, 0.15) is 60.8 Å². The van der Waals surface area contributed by atoms with Crippen LogP contribution in [0.3, 0.4) is 0 Å². The molecule has 0 rings (SSSR count). The maximum absolute atomic E-state index is 11.8. The zero-order chi connectivity index (χ0) is 25.3. The minimum Gasteiger partial charge on any atom is -0.354 e. The average Bonchev–Trinajstić information content (AvgIpc) is 2.75. The third-order valence-electron chi connectivity index (χ3n) is 5.44. The van der Waals surface area contributed by atoms with Crippen molar-refractivity contribution in [3.05, 3.63) is 0 Å². The van der Waals surface area contributed by atoms with Crippen molar-refractivity contribution in [2.24, 2.45) is 10.8 Å². The molecule has 198 valence electrons. The van der Waals surface area contributed by atoms with E-state index in [9.17, 15) is 10.0 Å². The van der Waals surface area contributed by atoms with Crippen LogP contribution in [-0.4, -0.2) is 88.1 Å². The van der Waals surface area contributed by atoms with Crippen LogP contribution in [0.4, 0.5) is 0 Å². The van der Waals surface area contributed by atoms with Crippen molar-refractivity contribution < 1.29 is 10.0 Å². The summed E-state index contributed by atoms with van der Waals surface area (Å²) in [6, 6.07) is 0. The van der Waals surface area contributed by atoms with Crippen molar-refractivity contribution in [3.63, 3.8) is 0 Å². The summed E-state index contributed by atoms with van der Waals surface area (Å²) >= 11 is 13.1. The Kier molecular flexibility index (Phi) is 19.3. The first-order chi connectivity index (χ1) is 15.4. The lowest BCUT2D eigenvalue weighted by molar-refractivity contribution is -0.137. The molecule has 10 heteroatoms. The Morgan fingerprint density at radius 3 is 2.03 bits per heavy atom. The van der Waals surface area contributed by atoms with E-state index in [1.54, 1.807) is 0 Å². The second-order valence-corrected chi connectivity index (χ2v) is 13.7. The van der Waals surface area contributed by atoms with Crippen LogP contribution in [0.2, 0.25) is 0 Å². The predicted octanol–water partition coefficient (Wildman–Crippen LogP) is 4.52. The number of hydrogen-bond acceptors (Lipinski definition) is 9. The molecular weight excluding hydrogens is 493 g/mol. The maximum Gasteiger partial charge on any atom is 0.236 e. The van der Waals surface area contributed by atoms with Crippen molar-refractivity contribution in [2.75, 3.05) is 62.3 Å². The summed E-state index contributed by atoms with van der Waals surface area (Å²) in [5.74, 6) is 4.59. The monoisotopic (exact) mass is 542 g/mol. The number of carbonyl (C=O) groups excluding carboxylic acids is 1. The van der Waals surface area contributed by atoms with E-state index in [0.717, 1.165) is 36.9 Å². The zero-order valence-corrected chi connectivity index (χ0v) is 25.2. The van der Waals surface area contributed by atoms with Gasteiger partial charge >= 0.3 is 0 Å². The fourth-order valence-electron chi connectivity index (χ4n) is 2.80. The molecule has 0 aromatic rings. The Morgan fingerprint density at radius 1 is 0.970 bits per heavy atom. The molecule has 0 saturated carbocycles. The van der Waals surface area contributed by atoms with E-state index < -0.39 is 0 Å². The first-order valence-electron chi connectivity index (χ1n) is 12.1. The highest BCUT2D eigenvalue weighted by Gasteiger charge is 2.20. The molecule has 0 saturated heterocycles. The molecule has 1 amide bonds. The molecule has 0 aliphatic rings. The van der Waals surface area contributed by atoms with E-state index >= 15 is 0 Å². The van der Waals surface area contributed by atoms with E-state index in [1.807, 2.05) is 23.0 Å². The minimum absolute atomic E-state index is 0.0379. The van der Waals surface area contributed by atoms with Crippen molar-refractivity contribution in [2.45, 2.75) is 66.2 Å². The summed E-state index contributed by atoms with van der Waals surface area (Å²) in [6.45, 7) is 16.8. The van der Waals surface area contributed by atoms with Gasteiger partial charge in [-0.2, -0.15) is 41.2 Å². The summed E-state index contributed by atoms with van der Waals surface area (Å²) in [7, 11) is 0. The van der Waals surface area contributed by atoms with Crippen LogP contribution < -0.4 is 10.6 Å². The predicted molar refractivity (Wildman–Crippen MR) is 155 cm³/mol. The van der Waals surface area contributed by atoms with Crippen molar-refractivity contribution in [1.29, 1.82) is 0 Å². The van der Waals surface area contributed by atoms with E-state index in [-0.39, 0.29) is 28.7 Å². The maximum atomic E-state index is 11.8. The number of carbonyl (C=O) groups is 1. The molecule has 0 aromatic carbocycles. The zero-order valence-electron chi connectivity index (χ0n) is 21.7. The summed E-state index contributed by atoms with van der Waals surface area (Å²) in [5, 5.41) is 17.0. The number of nitrogens with zero attached hydrogens (tertiary/aromatic N) is 2. The number of thiol groups is 2. The normalized spacial score (nSPS) is 13.7. The van der Waals surface area contributed by atoms with Gasteiger partial charge in [0.05, 0.1) is 5.37 Å². The highest BCUT2D eigenvalue weighted by atomic mass is 32.2. The van der Waals surface area contributed by atoms with Crippen molar-refractivity contribution >= 4 is 54.9 Å². The van der Waals surface area contributed by atoms with Gasteiger partial charge in [0.25, 0.3) is 0 Å². The second-order valence-electron chi connectivity index (χ2n) is 10.1. The quantitative estimate of drug-likeness (QED) is 0.0633. The number of hydroxylamine groups is 2. The molecular formula is C23H50N4O2S4. The molecule has 1 unspecified atom stereocenters. The van der Waals surface area contributed by atoms with Gasteiger partial charge in [0.2, 0.25) is 5.91 Å². The van der Waals surface area contributed by atoms with Gasteiger partial charge in [-0.15, -0.1) is 0 Å². The average molecular weight is 543 g/mol. The van der Waals surface area contributed by atoms with Crippen molar-refractivity contribution in [1.82, 2.24) is 20.0 Å². The molecule has 0 fully saturated rings. The summed E-state index contributed by atoms with van der Waals surface area (Å²) in [4.78, 5) is 11.8. The van der Waals surface area contributed by atoms with E-state index in [0.29, 0.717) is 13.1 Å². The number of thioether (sulfide) groups is 2. The largest absolute Gasteiger partial charge is 0.354 e. The first-order valence-corrected chi connectivity index (χ1v) is 15.3. The molecule has 0 spiro atoms. The summed E-state index contributed by atoms with van der Waals surface area (Å²) in [6.07, 6.45) is 3.50. The number of likely N-dealkylation sites (N-methyl/N-ethyl adjacent to an activating group) is 2. The molecule has 1 atom stereocenters. The van der Waals surface area contributed by atoms with Gasteiger partial charge in [-0.25, -0.2) is 0 Å². The first kappa shape index (κ1) is 33.7. The van der Waals surface area contributed by atoms with Crippen LogP contribution >= 0.6 is 49.0 Å². The molecule has 0 radical (unpaired) electrons. The molecule has 0 aliphatic heterocycles. The topological polar surface area (TPSA) is 67.8 Å².